The predicted molar refractivity (Wildman–Crippen MR) is 108 cm³/mol. The Hall–Kier alpha value is -3.05. The zero-order valence-electron chi connectivity index (χ0n) is 16.4. The molecule has 3 rings (SSSR count). The molecule has 0 unspecified atom stereocenters. The summed E-state index contributed by atoms with van der Waals surface area (Å²) in [4.78, 5) is 13.2. The number of alkyl halides is 3. The number of benzene rings is 2. The van der Waals surface area contributed by atoms with E-state index in [9.17, 15) is 28.2 Å². The van der Waals surface area contributed by atoms with Crippen molar-refractivity contribution in [2.75, 3.05) is 14.2 Å². The van der Waals surface area contributed by atoms with Crippen molar-refractivity contribution in [3.05, 3.63) is 53.6 Å². The summed E-state index contributed by atoms with van der Waals surface area (Å²) in [6.45, 7) is 0. The first-order chi connectivity index (χ1) is 14.5. The number of nitrogens with one attached hydrogen (secondary N) is 2. The van der Waals surface area contributed by atoms with Crippen LogP contribution >= 0.6 is 12.2 Å². The average Bonchev–Trinajstić information content (AvgIpc) is 2.72. The average molecular weight is 456 g/mol. The van der Waals surface area contributed by atoms with Gasteiger partial charge in [0.05, 0.1) is 20.3 Å². The number of ketones is 1. The van der Waals surface area contributed by atoms with Gasteiger partial charge in [-0.2, -0.15) is 13.2 Å². The molecule has 31 heavy (non-hydrogen) atoms. The van der Waals surface area contributed by atoms with Crippen molar-refractivity contribution in [2.45, 2.75) is 17.9 Å². The monoisotopic (exact) mass is 456 g/mol. The van der Waals surface area contributed by atoms with Crippen LogP contribution in [0.15, 0.2) is 42.5 Å². The number of halogens is 3. The van der Waals surface area contributed by atoms with Gasteiger partial charge >= 0.3 is 6.18 Å². The summed E-state index contributed by atoms with van der Waals surface area (Å²) < 4.78 is 52.2. The van der Waals surface area contributed by atoms with Crippen LogP contribution < -0.4 is 20.1 Å². The maximum atomic E-state index is 14.0. The first-order valence-electron chi connectivity index (χ1n) is 8.95. The third-order valence-corrected chi connectivity index (χ3v) is 5.23. The number of thiocarbonyl (C=S) groups is 1. The Balaban J connectivity index is 2.23. The zero-order valence-corrected chi connectivity index (χ0v) is 17.2. The summed E-state index contributed by atoms with van der Waals surface area (Å²) in [5.41, 5.74) is -3.62. The lowest BCUT2D eigenvalue weighted by Gasteiger charge is -2.46. The third-order valence-electron chi connectivity index (χ3n) is 5.01. The smallest absolute Gasteiger partial charge is 0.437 e. The highest BCUT2D eigenvalue weighted by Gasteiger charge is 2.65. The number of aliphatic hydroxyl groups is 1. The first kappa shape index (κ1) is 22.6. The standard InChI is InChI=1S/C20H19F3N2O5S/c1-29-12-8-11(9-13(30-2)17(12)27)15-14(16(26)10-6-4-3-5-7-10)19(28,20(21,22)23)25-18(31)24-15/h3-9,14-15,27-28H,1-2H3,(H2,24,25,31)/t14-,15-,19+/m0/s1. The van der Waals surface area contributed by atoms with Crippen molar-refractivity contribution in [3.8, 4) is 17.2 Å². The van der Waals surface area contributed by atoms with Crippen LogP contribution in [-0.2, 0) is 0 Å². The summed E-state index contributed by atoms with van der Waals surface area (Å²) in [5.74, 6) is -3.62. The molecule has 0 radical (unpaired) electrons. The molecular formula is C20H19F3N2O5S. The minimum atomic E-state index is -5.25. The van der Waals surface area contributed by atoms with Gasteiger partial charge in [-0.1, -0.05) is 30.3 Å². The molecule has 0 amide bonds. The van der Waals surface area contributed by atoms with Crippen LogP contribution in [0.2, 0.25) is 0 Å². The SMILES string of the molecule is COc1cc([C@@H]2NC(=S)N[C@](O)(C(F)(F)F)[C@@H]2C(=O)c2ccccc2)cc(OC)c1O. The van der Waals surface area contributed by atoms with Crippen LogP contribution in [0.1, 0.15) is 22.0 Å². The fraction of sp³-hybridized carbons (Fsp3) is 0.300. The summed E-state index contributed by atoms with van der Waals surface area (Å²) >= 11 is 4.90. The van der Waals surface area contributed by atoms with Crippen molar-refractivity contribution in [1.29, 1.82) is 0 Å². The van der Waals surface area contributed by atoms with E-state index in [0.29, 0.717) is 0 Å². The molecule has 1 saturated heterocycles. The van der Waals surface area contributed by atoms with Gasteiger partial charge in [0.2, 0.25) is 11.5 Å². The molecule has 7 nitrogen and oxygen atoms in total. The van der Waals surface area contributed by atoms with Gasteiger partial charge in [-0.3, -0.25) is 4.79 Å². The number of rotatable bonds is 5. The fourth-order valence-corrected chi connectivity index (χ4v) is 3.77. The Labute approximate surface area is 180 Å². The number of phenolic OH excluding ortho intramolecular Hbond substituents is 1. The summed E-state index contributed by atoms with van der Waals surface area (Å²) in [6.07, 6.45) is -5.25. The molecule has 1 fully saturated rings. The van der Waals surface area contributed by atoms with E-state index in [2.05, 4.69) is 5.32 Å². The van der Waals surface area contributed by atoms with E-state index in [0.717, 1.165) is 0 Å². The summed E-state index contributed by atoms with van der Waals surface area (Å²) in [5, 5.41) is 24.8. The first-order valence-corrected chi connectivity index (χ1v) is 9.36. The largest absolute Gasteiger partial charge is 0.502 e. The molecule has 1 aliphatic heterocycles. The second kappa shape index (κ2) is 8.23. The number of hydrogen-bond acceptors (Lipinski definition) is 6. The Morgan fingerprint density at radius 1 is 1.13 bits per heavy atom. The molecule has 0 aliphatic carbocycles. The maximum Gasteiger partial charge on any atom is 0.437 e. The summed E-state index contributed by atoms with van der Waals surface area (Å²) in [7, 11) is 2.49. The minimum absolute atomic E-state index is 0.0331. The normalized spacial score (nSPS) is 23.5. The van der Waals surface area contributed by atoms with Gasteiger partial charge in [-0.05, 0) is 29.9 Å². The van der Waals surface area contributed by atoms with Crippen LogP contribution in [0.3, 0.4) is 0 Å². The lowest BCUT2D eigenvalue weighted by atomic mass is 9.77. The number of carbonyl (C=O) groups is 1. The van der Waals surface area contributed by atoms with Crippen molar-refractivity contribution in [2.24, 2.45) is 5.92 Å². The van der Waals surface area contributed by atoms with Gasteiger partial charge in [0.25, 0.3) is 0 Å². The van der Waals surface area contributed by atoms with Crippen LogP contribution in [0.4, 0.5) is 13.2 Å². The quantitative estimate of drug-likeness (QED) is 0.403. The zero-order chi connectivity index (χ0) is 23.0. The molecule has 0 saturated carbocycles. The molecular weight excluding hydrogens is 437 g/mol. The number of hydrogen-bond donors (Lipinski definition) is 4. The van der Waals surface area contributed by atoms with E-state index in [1.165, 1.54) is 50.6 Å². The predicted octanol–water partition coefficient (Wildman–Crippen LogP) is 2.68. The molecule has 0 spiro atoms. The van der Waals surface area contributed by atoms with E-state index in [-0.39, 0.29) is 28.4 Å². The highest BCUT2D eigenvalue weighted by molar-refractivity contribution is 7.80. The van der Waals surface area contributed by atoms with Crippen LogP contribution in [-0.4, -0.2) is 47.2 Å². The molecule has 3 atom stereocenters. The number of Topliss-reactive ketones (excluding diaryl/α,β-unsaturated/α-hetero) is 1. The molecule has 166 valence electrons. The molecule has 1 aliphatic rings. The van der Waals surface area contributed by atoms with Crippen LogP contribution in [0.25, 0.3) is 0 Å². The Bertz CT molecular complexity index is 977. The lowest BCUT2D eigenvalue weighted by molar-refractivity contribution is -0.285. The minimum Gasteiger partial charge on any atom is -0.502 e. The second-order valence-corrected chi connectivity index (χ2v) is 7.23. The Morgan fingerprint density at radius 2 is 1.68 bits per heavy atom. The summed E-state index contributed by atoms with van der Waals surface area (Å²) in [6, 6.07) is 8.34. The lowest BCUT2D eigenvalue weighted by Crippen LogP contribution is -2.72. The molecule has 11 heteroatoms. The van der Waals surface area contributed by atoms with Crippen molar-refractivity contribution in [3.63, 3.8) is 0 Å². The topological polar surface area (TPSA) is 100 Å². The third kappa shape index (κ3) is 3.98. The van der Waals surface area contributed by atoms with E-state index < -0.39 is 34.8 Å². The van der Waals surface area contributed by atoms with E-state index in [1.807, 2.05) is 5.32 Å². The fourth-order valence-electron chi connectivity index (χ4n) is 3.49. The van der Waals surface area contributed by atoms with Crippen molar-refractivity contribution in [1.82, 2.24) is 10.6 Å². The van der Waals surface area contributed by atoms with Gasteiger partial charge in [-0.15, -0.1) is 0 Å². The van der Waals surface area contributed by atoms with Gasteiger partial charge in [0, 0.05) is 5.56 Å². The number of aromatic hydroxyl groups is 1. The number of ether oxygens (including phenoxy) is 2. The Kier molecular flexibility index (Phi) is 6.01. The Morgan fingerprint density at radius 3 is 2.16 bits per heavy atom. The van der Waals surface area contributed by atoms with Gasteiger partial charge < -0.3 is 30.3 Å². The van der Waals surface area contributed by atoms with Gasteiger partial charge in [-0.25, -0.2) is 0 Å². The number of carbonyl (C=O) groups excluding carboxylic acids is 1. The van der Waals surface area contributed by atoms with Gasteiger partial charge in [0.15, 0.2) is 22.4 Å². The molecule has 2 aromatic carbocycles. The van der Waals surface area contributed by atoms with Crippen LogP contribution in [0, 0.1) is 5.92 Å². The van der Waals surface area contributed by atoms with Gasteiger partial charge in [0.1, 0.15) is 5.92 Å². The number of phenols is 1. The molecule has 2 aromatic rings. The highest BCUT2D eigenvalue weighted by Crippen LogP contribution is 2.46. The molecule has 1 heterocycles. The molecule has 0 bridgehead atoms. The van der Waals surface area contributed by atoms with Crippen LogP contribution in [0.5, 0.6) is 17.2 Å². The van der Waals surface area contributed by atoms with Crippen molar-refractivity contribution < 1.29 is 37.7 Å². The van der Waals surface area contributed by atoms with E-state index in [1.54, 1.807) is 6.07 Å². The molecule has 0 aromatic heterocycles. The molecule has 4 N–H and O–H groups in total. The second-order valence-electron chi connectivity index (χ2n) is 6.82. The van der Waals surface area contributed by atoms with E-state index >= 15 is 0 Å². The maximum absolute atomic E-state index is 14.0. The highest BCUT2D eigenvalue weighted by atomic mass is 32.1. The number of methoxy groups -OCH3 is 2. The van der Waals surface area contributed by atoms with E-state index in [4.69, 9.17) is 21.7 Å². The van der Waals surface area contributed by atoms with Crippen molar-refractivity contribution >= 4 is 23.1 Å².